The summed E-state index contributed by atoms with van der Waals surface area (Å²) in [7, 11) is 0. The van der Waals surface area contributed by atoms with E-state index in [1.165, 1.54) is 4.68 Å². The highest BCUT2D eigenvalue weighted by Gasteiger charge is 2.17. The number of benzene rings is 1. The fourth-order valence-corrected chi connectivity index (χ4v) is 2.28. The number of alkyl halides is 1. The number of hydrogen-bond donors (Lipinski definition) is 0. The van der Waals surface area contributed by atoms with Gasteiger partial charge in [0.05, 0.1) is 21.1 Å². The van der Waals surface area contributed by atoms with Crippen LogP contribution in [0.15, 0.2) is 16.6 Å². The fourth-order valence-electron chi connectivity index (χ4n) is 1.29. The van der Waals surface area contributed by atoms with Gasteiger partial charge in [0, 0.05) is 4.47 Å². The second kappa shape index (κ2) is 5.10. The molecule has 17 heavy (non-hydrogen) atoms. The zero-order valence-electron chi connectivity index (χ0n) is 8.53. The van der Waals surface area contributed by atoms with Crippen LogP contribution < -0.4 is 0 Å². The Kier molecular flexibility index (Phi) is 3.92. The van der Waals surface area contributed by atoms with Gasteiger partial charge in [-0.1, -0.05) is 23.2 Å². The Bertz CT molecular complexity index is 555. The predicted octanol–water partition coefficient (Wildman–Crippen LogP) is 4.03. The van der Waals surface area contributed by atoms with Crippen LogP contribution in [0.2, 0.25) is 10.0 Å². The average molecular weight is 356 g/mol. The summed E-state index contributed by atoms with van der Waals surface area (Å²) in [5.41, 5.74) is 0.590. The SMILES string of the molecule is CC(Cl)c1nnnn1-c1ccc(Br)c(Cl)c1Cl. The molecule has 1 aromatic heterocycles. The lowest BCUT2D eigenvalue weighted by Crippen LogP contribution is -2.04. The lowest BCUT2D eigenvalue weighted by Gasteiger charge is -2.09. The monoisotopic (exact) mass is 354 g/mol. The summed E-state index contributed by atoms with van der Waals surface area (Å²) in [6, 6.07) is 3.53. The van der Waals surface area contributed by atoms with Gasteiger partial charge in [-0.25, -0.2) is 0 Å². The summed E-state index contributed by atoms with van der Waals surface area (Å²) < 4.78 is 2.18. The molecule has 0 N–H and O–H groups in total. The zero-order chi connectivity index (χ0) is 12.6. The third-order valence-electron chi connectivity index (χ3n) is 2.09. The number of aromatic nitrogens is 4. The third kappa shape index (κ3) is 2.42. The van der Waals surface area contributed by atoms with E-state index in [4.69, 9.17) is 34.8 Å². The van der Waals surface area contributed by atoms with Gasteiger partial charge in [0.15, 0.2) is 5.82 Å². The molecule has 1 heterocycles. The normalized spacial score (nSPS) is 12.8. The minimum atomic E-state index is -0.330. The van der Waals surface area contributed by atoms with Crippen molar-refractivity contribution >= 4 is 50.7 Å². The summed E-state index contributed by atoms with van der Waals surface area (Å²) in [6.45, 7) is 1.78. The van der Waals surface area contributed by atoms with Crippen molar-refractivity contribution in [2.24, 2.45) is 0 Å². The second-order valence-corrected chi connectivity index (χ2v) is 5.52. The molecule has 0 aliphatic heterocycles. The highest BCUT2D eigenvalue weighted by molar-refractivity contribution is 9.10. The molecule has 4 nitrogen and oxygen atoms in total. The first kappa shape index (κ1) is 13.1. The Morgan fingerprint density at radius 2 is 2.00 bits per heavy atom. The molecule has 0 aliphatic rings. The second-order valence-electron chi connectivity index (χ2n) is 3.26. The van der Waals surface area contributed by atoms with Gasteiger partial charge in [0.25, 0.3) is 0 Å². The Morgan fingerprint density at radius 1 is 1.29 bits per heavy atom. The smallest absolute Gasteiger partial charge is 0.174 e. The topological polar surface area (TPSA) is 43.6 Å². The first-order valence-electron chi connectivity index (χ1n) is 4.58. The van der Waals surface area contributed by atoms with E-state index in [1.807, 2.05) is 0 Å². The van der Waals surface area contributed by atoms with Crippen molar-refractivity contribution in [3.63, 3.8) is 0 Å². The number of nitrogens with zero attached hydrogens (tertiary/aromatic N) is 4. The van der Waals surface area contributed by atoms with Gasteiger partial charge in [-0.05, 0) is 45.4 Å². The standard InChI is InChI=1S/C9H6BrCl3N4/c1-4(11)9-14-15-16-17(9)6-3-2-5(10)7(12)8(6)13/h2-4H,1H3. The van der Waals surface area contributed by atoms with Crippen molar-refractivity contribution in [1.29, 1.82) is 0 Å². The largest absolute Gasteiger partial charge is 0.194 e. The lowest BCUT2D eigenvalue weighted by molar-refractivity contribution is 0.761. The van der Waals surface area contributed by atoms with Crippen LogP contribution in [0, 0.1) is 0 Å². The van der Waals surface area contributed by atoms with E-state index < -0.39 is 0 Å². The molecule has 90 valence electrons. The third-order valence-corrected chi connectivity index (χ3v) is 4.05. The van der Waals surface area contributed by atoms with Crippen LogP contribution >= 0.6 is 50.7 Å². The minimum Gasteiger partial charge on any atom is -0.194 e. The Hall–Kier alpha value is -0.360. The summed E-state index contributed by atoms with van der Waals surface area (Å²) in [5, 5.41) is 11.7. The van der Waals surface area contributed by atoms with Crippen molar-refractivity contribution in [2.75, 3.05) is 0 Å². The van der Waals surface area contributed by atoms with Crippen LogP contribution in [0.5, 0.6) is 0 Å². The first-order valence-corrected chi connectivity index (χ1v) is 6.57. The van der Waals surface area contributed by atoms with Crippen LogP contribution in [0.3, 0.4) is 0 Å². The lowest BCUT2D eigenvalue weighted by atomic mass is 10.3. The molecule has 0 saturated carbocycles. The number of halogens is 4. The molecule has 0 radical (unpaired) electrons. The van der Waals surface area contributed by atoms with E-state index >= 15 is 0 Å². The number of rotatable bonds is 2. The van der Waals surface area contributed by atoms with Gasteiger partial charge < -0.3 is 0 Å². The quantitative estimate of drug-likeness (QED) is 0.603. The van der Waals surface area contributed by atoms with Gasteiger partial charge in [-0.15, -0.1) is 16.7 Å². The number of hydrogen-bond acceptors (Lipinski definition) is 3. The van der Waals surface area contributed by atoms with E-state index in [0.29, 0.717) is 26.0 Å². The van der Waals surface area contributed by atoms with Gasteiger partial charge in [0.1, 0.15) is 0 Å². The van der Waals surface area contributed by atoms with E-state index in [1.54, 1.807) is 19.1 Å². The molecule has 0 aliphatic carbocycles. The van der Waals surface area contributed by atoms with Crippen molar-refractivity contribution < 1.29 is 0 Å². The van der Waals surface area contributed by atoms with Gasteiger partial charge in [-0.3, -0.25) is 0 Å². The predicted molar refractivity (Wildman–Crippen MR) is 71.1 cm³/mol. The Labute approximate surface area is 121 Å². The van der Waals surface area contributed by atoms with E-state index in [-0.39, 0.29) is 5.38 Å². The highest BCUT2D eigenvalue weighted by Crippen LogP contribution is 2.35. The van der Waals surface area contributed by atoms with E-state index in [0.717, 1.165) is 0 Å². The summed E-state index contributed by atoms with van der Waals surface area (Å²) in [6.07, 6.45) is 0. The van der Waals surface area contributed by atoms with Crippen LogP contribution in [0.4, 0.5) is 0 Å². The van der Waals surface area contributed by atoms with Crippen molar-refractivity contribution in [3.05, 3.63) is 32.5 Å². The van der Waals surface area contributed by atoms with Crippen molar-refractivity contribution in [1.82, 2.24) is 20.2 Å². The molecule has 1 aromatic carbocycles. The van der Waals surface area contributed by atoms with E-state index in [9.17, 15) is 0 Å². The fraction of sp³-hybridized carbons (Fsp3) is 0.222. The molecular weight excluding hydrogens is 350 g/mol. The molecule has 2 rings (SSSR count). The molecule has 0 amide bonds. The maximum absolute atomic E-state index is 6.15. The summed E-state index contributed by atoms with van der Waals surface area (Å²) >= 11 is 21.4. The van der Waals surface area contributed by atoms with Crippen molar-refractivity contribution in [3.8, 4) is 5.69 Å². The van der Waals surface area contributed by atoms with Crippen LogP contribution in [-0.2, 0) is 0 Å². The van der Waals surface area contributed by atoms with Crippen molar-refractivity contribution in [2.45, 2.75) is 12.3 Å². The molecule has 0 spiro atoms. The van der Waals surface area contributed by atoms with Crippen LogP contribution in [0.1, 0.15) is 18.1 Å². The molecule has 1 unspecified atom stereocenters. The van der Waals surface area contributed by atoms with Gasteiger partial charge >= 0.3 is 0 Å². The van der Waals surface area contributed by atoms with E-state index in [2.05, 4.69) is 31.5 Å². The van der Waals surface area contributed by atoms with Gasteiger partial charge in [0.2, 0.25) is 0 Å². The highest BCUT2D eigenvalue weighted by atomic mass is 79.9. The Balaban J connectivity index is 2.61. The maximum Gasteiger partial charge on any atom is 0.174 e. The molecule has 1 atom stereocenters. The van der Waals surface area contributed by atoms with Crippen LogP contribution in [0.25, 0.3) is 5.69 Å². The Morgan fingerprint density at radius 3 is 2.65 bits per heavy atom. The molecule has 8 heteroatoms. The van der Waals surface area contributed by atoms with Gasteiger partial charge in [-0.2, -0.15) is 4.68 Å². The number of tetrazole rings is 1. The first-order chi connectivity index (χ1) is 8.02. The summed E-state index contributed by atoms with van der Waals surface area (Å²) in [4.78, 5) is 0. The molecular formula is C9H6BrCl3N4. The average Bonchev–Trinajstić information content (AvgIpc) is 2.75. The molecule has 2 aromatic rings. The zero-order valence-corrected chi connectivity index (χ0v) is 12.4. The molecule has 0 saturated heterocycles. The van der Waals surface area contributed by atoms with Crippen LogP contribution in [-0.4, -0.2) is 20.2 Å². The summed E-state index contributed by atoms with van der Waals surface area (Å²) in [5.74, 6) is 0.506. The molecule has 0 fully saturated rings. The minimum absolute atomic E-state index is 0.330. The maximum atomic E-state index is 6.15. The molecule has 0 bridgehead atoms.